The van der Waals surface area contributed by atoms with Gasteiger partial charge < -0.3 is 18.8 Å². The van der Waals surface area contributed by atoms with E-state index in [0.717, 1.165) is 28.1 Å². The van der Waals surface area contributed by atoms with Crippen LogP contribution < -0.4 is 9.39 Å². The number of rotatable bonds is 5. The second-order valence-electron chi connectivity index (χ2n) is 5.65. The smallest absolute Gasteiger partial charge is 0.532 e. The molecule has 0 bridgehead atoms. The van der Waals surface area contributed by atoms with Crippen LogP contribution in [0.2, 0.25) is 0 Å². The van der Waals surface area contributed by atoms with Crippen molar-refractivity contribution in [2.75, 3.05) is 13.7 Å². The SMILES string of the molecule is C=CC=C(C=C)B1OCc2cc3c(cc2O1)OCC3CC(=O)OC. The summed E-state index contributed by atoms with van der Waals surface area (Å²) in [4.78, 5) is 11.5. The zero-order chi connectivity index (χ0) is 17.1. The maximum Gasteiger partial charge on any atom is 0.563 e. The van der Waals surface area contributed by atoms with Gasteiger partial charge in [-0.1, -0.05) is 31.4 Å². The molecule has 0 aromatic heterocycles. The van der Waals surface area contributed by atoms with Crippen molar-refractivity contribution in [3.63, 3.8) is 0 Å². The van der Waals surface area contributed by atoms with Crippen molar-refractivity contribution < 1.29 is 23.6 Å². The van der Waals surface area contributed by atoms with Gasteiger partial charge in [-0.3, -0.25) is 4.79 Å². The molecule has 1 unspecified atom stereocenters. The Hall–Kier alpha value is -2.47. The second-order valence-corrected chi connectivity index (χ2v) is 5.65. The first-order valence-corrected chi connectivity index (χ1v) is 7.76. The normalized spacial score (nSPS) is 18.8. The summed E-state index contributed by atoms with van der Waals surface area (Å²) in [5.74, 6) is 1.23. The number of allylic oxidation sites excluding steroid dienone is 4. The van der Waals surface area contributed by atoms with Crippen LogP contribution in [0.1, 0.15) is 23.5 Å². The Labute approximate surface area is 141 Å². The first-order chi connectivity index (χ1) is 11.7. The van der Waals surface area contributed by atoms with Gasteiger partial charge in [0.2, 0.25) is 0 Å². The highest BCUT2D eigenvalue weighted by molar-refractivity contribution is 6.55. The predicted octanol–water partition coefficient (Wildman–Crippen LogP) is 2.96. The molecule has 0 aliphatic carbocycles. The molecule has 0 fully saturated rings. The zero-order valence-electron chi connectivity index (χ0n) is 13.6. The van der Waals surface area contributed by atoms with E-state index in [0.29, 0.717) is 19.6 Å². The topological polar surface area (TPSA) is 54.0 Å². The van der Waals surface area contributed by atoms with Gasteiger partial charge in [0.25, 0.3) is 0 Å². The Morgan fingerprint density at radius 2 is 2.25 bits per heavy atom. The molecule has 5 nitrogen and oxygen atoms in total. The van der Waals surface area contributed by atoms with Gasteiger partial charge in [-0.15, -0.1) is 0 Å². The average Bonchev–Trinajstić information content (AvgIpc) is 2.98. The number of ether oxygens (including phenoxy) is 2. The van der Waals surface area contributed by atoms with Crippen LogP contribution in [0.5, 0.6) is 11.5 Å². The second kappa shape index (κ2) is 6.97. The standard InChI is InChI=1S/C18H19BO5/c1-4-6-14(5-2)19-23-11-13-7-15-12(8-18(20)21-3)10-22-17(15)9-16(13)24-19/h4-7,9,12H,1-2,8,10-11H2,3H3. The summed E-state index contributed by atoms with van der Waals surface area (Å²) in [6.45, 7) is 8.33. The molecular weight excluding hydrogens is 307 g/mol. The Morgan fingerprint density at radius 1 is 1.42 bits per heavy atom. The van der Waals surface area contributed by atoms with Crippen molar-refractivity contribution in [2.45, 2.75) is 18.9 Å². The summed E-state index contributed by atoms with van der Waals surface area (Å²) in [7, 11) is 0.875. The Balaban J connectivity index is 1.83. The minimum absolute atomic E-state index is 0.000119. The monoisotopic (exact) mass is 326 g/mol. The Morgan fingerprint density at radius 3 is 2.96 bits per heavy atom. The van der Waals surface area contributed by atoms with E-state index in [2.05, 4.69) is 13.2 Å². The van der Waals surface area contributed by atoms with Crippen molar-refractivity contribution >= 4 is 13.1 Å². The van der Waals surface area contributed by atoms with Gasteiger partial charge in [-0.05, 0) is 11.5 Å². The van der Waals surface area contributed by atoms with Crippen LogP contribution in [-0.4, -0.2) is 26.8 Å². The Bertz CT molecular complexity index is 710. The molecule has 1 aromatic rings. The van der Waals surface area contributed by atoms with Gasteiger partial charge in [0, 0.05) is 23.1 Å². The lowest BCUT2D eigenvalue weighted by Gasteiger charge is -2.25. The summed E-state index contributed by atoms with van der Waals surface area (Å²) in [6.07, 6.45) is 5.46. The van der Waals surface area contributed by atoms with E-state index in [9.17, 15) is 4.79 Å². The van der Waals surface area contributed by atoms with Crippen molar-refractivity contribution in [3.05, 3.63) is 60.1 Å². The van der Waals surface area contributed by atoms with E-state index in [1.54, 1.807) is 18.2 Å². The van der Waals surface area contributed by atoms with Crippen molar-refractivity contribution in [3.8, 4) is 11.5 Å². The highest BCUT2D eigenvalue weighted by Crippen LogP contribution is 2.42. The van der Waals surface area contributed by atoms with E-state index in [4.69, 9.17) is 18.8 Å². The van der Waals surface area contributed by atoms with Gasteiger partial charge in [-0.25, -0.2) is 0 Å². The zero-order valence-corrected chi connectivity index (χ0v) is 13.6. The lowest BCUT2D eigenvalue weighted by molar-refractivity contribution is -0.141. The highest BCUT2D eigenvalue weighted by atomic mass is 16.6. The molecule has 0 saturated heterocycles. The molecule has 3 rings (SSSR count). The fraction of sp³-hybridized carbons (Fsp3) is 0.278. The summed E-state index contributed by atoms with van der Waals surface area (Å²) in [5, 5.41) is 0. The first kappa shape index (κ1) is 16.4. The third-order valence-electron chi connectivity index (χ3n) is 4.16. The lowest BCUT2D eigenvalue weighted by Crippen LogP contribution is -2.32. The molecule has 1 aromatic carbocycles. The number of fused-ring (bicyclic) bond motifs is 2. The molecule has 2 aliphatic rings. The minimum Gasteiger partial charge on any atom is -0.532 e. The Kier molecular flexibility index (Phi) is 4.76. The maximum absolute atomic E-state index is 11.5. The summed E-state index contributed by atoms with van der Waals surface area (Å²) < 4.78 is 22.1. The van der Waals surface area contributed by atoms with Gasteiger partial charge in [0.15, 0.2) is 0 Å². The summed E-state index contributed by atoms with van der Waals surface area (Å²) in [5.41, 5.74) is 2.74. The molecule has 124 valence electrons. The van der Waals surface area contributed by atoms with Crippen LogP contribution in [0.4, 0.5) is 0 Å². The van der Waals surface area contributed by atoms with E-state index < -0.39 is 7.12 Å². The summed E-state index contributed by atoms with van der Waals surface area (Å²) >= 11 is 0. The number of carbonyl (C=O) groups excluding carboxylic acids is 1. The molecule has 0 N–H and O–H groups in total. The van der Waals surface area contributed by atoms with Crippen LogP contribution in [0, 0.1) is 0 Å². The highest BCUT2D eigenvalue weighted by Gasteiger charge is 2.33. The van der Waals surface area contributed by atoms with E-state index >= 15 is 0 Å². The largest absolute Gasteiger partial charge is 0.563 e. The molecule has 2 aliphatic heterocycles. The number of hydrogen-bond acceptors (Lipinski definition) is 5. The van der Waals surface area contributed by atoms with Crippen LogP contribution >= 0.6 is 0 Å². The molecule has 0 saturated carbocycles. The van der Waals surface area contributed by atoms with Gasteiger partial charge in [0.05, 0.1) is 26.7 Å². The quantitative estimate of drug-likeness (QED) is 0.473. The fourth-order valence-corrected chi connectivity index (χ4v) is 2.88. The third-order valence-corrected chi connectivity index (χ3v) is 4.16. The van der Waals surface area contributed by atoms with E-state index in [-0.39, 0.29) is 11.9 Å². The van der Waals surface area contributed by atoms with Crippen molar-refractivity contribution in [1.82, 2.24) is 0 Å². The van der Waals surface area contributed by atoms with Gasteiger partial charge in [-0.2, -0.15) is 0 Å². The number of carbonyl (C=O) groups is 1. The minimum atomic E-state index is -0.515. The molecule has 0 spiro atoms. The molecule has 0 radical (unpaired) electrons. The molecule has 6 heteroatoms. The van der Waals surface area contributed by atoms with Gasteiger partial charge >= 0.3 is 13.1 Å². The maximum atomic E-state index is 11.5. The third kappa shape index (κ3) is 3.10. The molecular formula is C18H19BO5. The predicted molar refractivity (Wildman–Crippen MR) is 91.0 cm³/mol. The van der Waals surface area contributed by atoms with Crippen LogP contribution in [0.15, 0.2) is 49.0 Å². The average molecular weight is 326 g/mol. The van der Waals surface area contributed by atoms with Crippen molar-refractivity contribution in [2.24, 2.45) is 0 Å². The summed E-state index contributed by atoms with van der Waals surface area (Å²) in [6, 6.07) is 3.86. The molecule has 2 heterocycles. The number of hydrogen-bond donors (Lipinski definition) is 0. The molecule has 0 amide bonds. The van der Waals surface area contributed by atoms with E-state index in [1.165, 1.54) is 7.11 Å². The number of esters is 1. The van der Waals surface area contributed by atoms with Crippen molar-refractivity contribution in [1.29, 1.82) is 0 Å². The van der Waals surface area contributed by atoms with Crippen LogP contribution in [0.25, 0.3) is 0 Å². The number of benzene rings is 1. The van der Waals surface area contributed by atoms with Crippen LogP contribution in [0.3, 0.4) is 0 Å². The molecule has 1 atom stereocenters. The number of methoxy groups -OCH3 is 1. The van der Waals surface area contributed by atoms with E-state index in [1.807, 2.05) is 12.1 Å². The van der Waals surface area contributed by atoms with Gasteiger partial charge in [0.1, 0.15) is 11.5 Å². The fourth-order valence-electron chi connectivity index (χ4n) is 2.88. The lowest BCUT2D eigenvalue weighted by atomic mass is 9.76. The first-order valence-electron chi connectivity index (χ1n) is 7.76. The molecule has 24 heavy (non-hydrogen) atoms. The van der Waals surface area contributed by atoms with Crippen LogP contribution in [-0.2, 0) is 20.8 Å².